The molecule has 3 heterocycles. The van der Waals surface area contributed by atoms with Crippen molar-refractivity contribution in [2.24, 2.45) is 5.73 Å². The van der Waals surface area contributed by atoms with Gasteiger partial charge in [-0.2, -0.15) is 0 Å². The molecule has 3 N–H and O–H groups in total. The van der Waals surface area contributed by atoms with Gasteiger partial charge in [0.1, 0.15) is 0 Å². The first-order valence-electron chi connectivity index (χ1n) is 9.64. The van der Waals surface area contributed by atoms with E-state index in [1.807, 2.05) is 35.4 Å². The van der Waals surface area contributed by atoms with Crippen molar-refractivity contribution in [3.63, 3.8) is 0 Å². The van der Waals surface area contributed by atoms with Crippen LogP contribution in [0.25, 0.3) is 0 Å². The Balaban J connectivity index is 1.50. The highest BCUT2D eigenvalue weighted by molar-refractivity contribution is 6.04. The van der Waals surface area contributed by atoms with Crippen molar-refractivity contribution in [3.05, 3.63) is 53.3 Å². The molecule has 1 aromatic heterocycles. The Labute approximate surface area is 164 Å². The van der Waals surface area contributed by atoms with Gasteiger partial charge in [-0.15, -0.1) is 0 Å². The number of anilines is 2. The van der Waals surface area contributed by atoms with E-state index in [9.17, 15) is 9.59 Å². The number of pyridine rings is 1. The standard InChI is InChI=1S/C21H25N5O2/c1-14-11-25(13-20(22)27)12-16-7-15(3-4-19(14)16)21(28)24-17-8-18(10-23-9-17)26-5-2-6-26/h3-4,7-10,14H,2,5-6,11-13H2,1H3,(H2,22,27)(H,24,28)/t14-/m0/s1. The lowest BCUT2D eigenvalue weighted by atomic mass is 9.89. The fourth-order valence-corrected chi connectivity index (χ4v) is 3.94. The van der Waals surface area contributed by atoms with E-state index in [1.165, 1.54) is 12.0 Å². The van der Waals surface area contributed by atoms with Crippen LogP contribution < -0.4 is 16.0 Å². The minimum atomic E-state index is -0.334. The SMILES string of the molecule is C[C@H]1CN(CC(N)=O)Cc2cc(C(=O)Nc3cncc(N4CCC4)c3)ccc21. The fraction of sp³-hybridized carbons (Fsp3) is 0.381. The maximum atomic E-state index is 12.8. The Morgan fingerprint density at radius 1 is 1.25 bits per heavy atom. The fourth-order valence-electron chi connectivity index (χ4n) is 3.94. The first kappa shape index (κ1) is 18.4. The summed E-state index contributed by atoms with van der Waals surface area (Å²) < 4.78 is 0. The Bertz CT molecular complexity index is 909. The zero-order valence-electron chi connectivity index (χ0n) is 16.0. The molecule has 0 bridgehead atoms. The van der Waals surface area contributed by atoms with Crippen LogP contribution in [-0.2, 0) is 11.3 Å². The smallest absolute Gasteiger partial charge is 0.255 e. The molecule has 4 rings (SSSR count). The minimum absolute atomic E-state index is 0.162. The lowest BCUT2D eigenvalue weighted by molar-refractivity contribution is -0.119. The Hall–Kier alpha value is -2.93. The van der Waals surface area contributed by atoms with E-state index in [2.05, 4.69) is 22.1 Å². The molecule has 2 aliphatic rings. The Morgan fingerprint density at radius 2 is 2.07 bits per heavy atom. The molecule has 0 spiro atoms. The number of hydrogen-bond acceptors (Lipinski definition) is 5. The topological polar surface area (TPSA) is 91.6 Å². The molecular formula is C21H25N5O2. The summed E-state index contributed by atoms with van der Waals surface area (Å²) in [4.78, 5) is 32.5. The average Bonchev–Trinajstić information content (AvgIpc) is 2.59. The van der Waals surface area contributed by atoms with Gasteiger partial charge in [-0.25, -0.2) is 0 Å². The number of benzene rings is 1. The number of aromatic nitrogens is 1. The molecule has 1 saturated heterocycles. The molecule has 0 radical (unpaired) electrons. The first-order chi connectivity index (χ1) is 13.5. The second-order valence-corrected chi connectivity index (χ2v) is 7.68. The zero-order chi connectivity index (χ0) is 19.7. The van der Waals surface area contributed by atoms with Crippen LogP contribution >= 0.6 is 0 Å². The average molecular weight is 379 g/mol. The highest BCUT2D eigenvalue weighted by atomic mass is 16.2. The lowest BCUT2D eigenvalue weighted by Crippen LogP contribution is -2.38. The van der Waals surface area contributed by atoms with Crippen LogP contribution in [0, 0.1) is 0 Å². The molecule has 7 heteroatoms. The van der Waals surface area contributed by atoms with Gasteiger partial charge in [-0.3, -0.25) is 19.5 Å². The third-order valence-electron chi connectivity index (χ3n) is 5.44. The van der Waals surface area contributed by atoms with E-state index in [4.69, 9.17) is 5.73 Å². The van der Waals surface area contributed by atoms with Crippen LogP contribution in [0.4, 0.5) is 11.4 Å². The summed E-state index contributed by atoms with van der Waals surface area (Å²) in [5.41, 5.74) is 9.96. The van der Waals surface area contributed by atoms with E-state index < -0.39 is 0 Å². The van der Waals surface area contributed by atoms with Gasteiger partial charge in [-0.1, -0.05) is 13.0 Å². The summed E-state index contributed by atoms with van der Waals surface area (Å²) in [6, 6.07) is 7.76. The molecule has 28 heavy (non-hydrogen) atoms. The van der Waals surface area contributed by atoms with Gasteiger partial charge in [0.05, 0.1) is 30.3 Å². The largest absolute Gasteiger partial charge is 0.370 e. The molecule has 2 aliphatic heterocycles. The van der Waals surface area contributed by atoms with Gasteiger partial charge in [-0.05, 0) is 41.7 Å². The minimum Gasteiger partial charge on any atom is -0.370 e. The molecule has 0 aliphatic carbocycles. The van der Waals surface area contributed by atoms with E-state index in [0.717, 1.165) is 30.9 Å². The zero-order valence-corrected chi connectivity index (χ0v) is 16.0. The van der Waals surface area contributed by atoms with Crippen LogP contribution in [0.3, 0.4) is 0 Å². The van der Waals surface area contributed by atoms with Crippen LogP contribution in [0.2, 0.25) is 0 Å². The highest BCUT2D eigenvalue weighted by Gasteiger charge is 2.24. The predicted octanol–water partition coefficient (Wildman–Crippen LogP) is 1.95. The van der Waals surface area contributed by atoms with Crippen LogP contribution in [0.1, 0.15) is 40.7 Å². The molecule has 1 aromatic carbocycles. The molecular weight excluding hydrogens is 354 g/mol. The van der Waals surface area contributed by atoms with Crippen molar-refractivity contribution >= 4 is 23.2 Å². The number of nitrogens with zero attached hydrogens (tertiary/aromatic N) is 3. The van der Waals surface area contributed by atoms with Crippen LogP contribution in [0.5, 0.6) is 0 Å². The summed E-state index contributed by atoms with van der Waals surface area (Å²) in [6.45, 7) is 5.83. The van der Waals surface area contributed by atoms with Gasteiger partial charge in [0, 0.05) is 31.7 Å². The van der Waals surface area contributed by atoms with E-state index >= 15 is 0 Å². The number of rotatable bonds is 5. The predicted molar refractivity (Wildman–Crippen MR) is 108 cm³/mol. The highest BCUT2D eigenvalue weighted by Crippen LogP contribution is 2.29. The van der Waals surface area contributed by atoms with Crippen LogP contribution in [0.15, 0.2) is 36.7 Å². The maximum Gasteiger partial charge on any atom is 0.255 e. The number of carbonyl (C=O) groups is 2. The van der Waals surface area contributed by atoms with E-state index in [-0.39, 0.29) is 24.3 Å². The Morgan fingerprint density at radius 3 is 2.79 bits per heavy atom. The summed E-state index contributed by atoms with van der Waals surface area (Å²) in [7, 11) is 0. The first-order valence-corrected chi connectivity index (χ1v) is 9.64. The number of hydrogen-bond donors (Lipinski definition) is 2. The van der Waals surface area contributed by atoms with E-state index in [1.54, 1.807) is 6.20 Å². The third-order valence-corrected chi connectivity index (χ3v) is 5.44. The third kappa shape index (κ3) is 3.84. The number of nitrogens with one attached hydrogen (secondary N) is 1. The Kier molecular flexibility index (Phi) is 5.00. The summed E-state index contributed by atoms with van der Waals surface area (Å²) in [5.74, 6) is -0.207. The molecule has 7 nitrogen and oxygen atoms in total. The van der Waals surface area contributed by atoms with Gasteiger partial charge >= 0.3 is 0 Å². The number of fused-ring (bicyclic) bond motifs is 1. The molecule has 0 unspecified atom stereocenters. The van der Waals surface area contributed by atoms with Crippen molar-refractivity contribution < 1.29 is 9.59 Å². The van der Waals surface area contributed by atoms with Crippen molar-refractivity contribution in [2.45, 2.75) is 25.8 Å². The molecule has 0 saturated carbocycles. The van der Waals surface area contributed by atoms with Crippen molar-refractivity contribution in [2.75, 3.05) is 36.4 Å². The molecule has 1 fully saturated rings. The molecule has 1 atom stereocenters. The number of nitrogens with two attached hydrogens (primary N) is 1. The van der Waals surface area contributed by atoms with Crippen molar-refractivity contribution in [1.82, 2.24) is 9.88 Å². The second kappa shape index (κ2) is 7.59. The maximum absolute atomic E-state index is 12.8. The van der Waals surface area contributed by atoms with Gasteiger partial charge in [0.25, 0.3) is 5.91 Å². The van der Waals surface area contributed by atoms with Gasteiger partial charge < -0.3 is 16.0 Å². The van der Waals surface area contributed by atoms with Crippen LogP contribution in [-0.4, -0.2) is 47.9 Å². The molecule has 2 aromatic rings. The van der Waals surface area contributed by atoms with Crippen molar-refractivity contribution in [3.8, 4) is 0 Å². The lowest BCUT2D eigenvalue weighted by Gasteiger charge is -2.33. The monoisotopic (exact) mass is 379 g/mol. The normalized spacial score (nSPS) is 18.9. The van der Waals surface area contributed by atoms with Gasteiger partial charge in [0.2, 0.25) is 5.91 Å². The number of amides is 2. The quantitative estimate of drug-likeness (QED) is 0.828. The second-order valence-electron chi connectivity index (χ2n) is 7.68. The summed E-state index contributed by atoms with van der Waals surface area (Å²) in [6.07, 6.45) is 4.68. The molecule has 2 amide bonds. The van der Waals surface area contributed by atoms with Gasteiger partial charge in [0.15, 0.2) is 0 Å². The number of carbonyl (C=O) groups excluding carboxylic acids is 2. The number of primary amides is 1. The van der Waals surface area contributed by atoms with Crippen molar-refractivity contribution in [1.29, 1.82) is 0 Å². The summed E-state index contributed by atoms with van der Waals surface area (Å²) in [5, 5.41) is 2.95. The van der Waals surface area contributed by atoms with E-state index in [0.29, 0.717) is 17.8 Å². The molecule has 146 valence electrons. The summed E-state index contributed by atoms with van der Waals surface area (Å²) >= 11 is 0.